The second kappa shape index (κ2) is 11.9. The van der Waals surface area contributed by atoms with Crippen LogP contribution in [-0.4, -0.2) is 11.6 Å². The van der Waals surface area contributed by atoms with E-state index in [0.29, 0.717) is 11.1 Å². The van der Waals surface area contributed by atoms with Crippen molar-refractivity contribution in [3.8, 4) is 22.3 Å². The summed E-state index contributed by atoms with van der Waals surface area (Å²) in [6, 6.07) is 27.4. The quantitative estimate of drug-likeness (QED) is 0.141. The van der Waals surface area contributed by atoms with Gasteiger partial charge in [-0.2, -0.15) is 0 Å². The summed E-state index contributed by atoms with van der Waals surface area (Å²) in [5.74, 6) is -1.03. The second-order valence-corrected chi connectivity index (χ2v) is 10.8. The van der Waals surface area contributed by atoms with E-state index in [9.17, 15) is 9.59 Å². The van der Waals surface area contributed by atoms with E-state index in [-0.39, 0.29) is 0 Å². The van der Waals surface area contributed by atoms with Crippen LogP contribution in [0.4, 0.5) is 0 Å². The van der Waals surface area contributed by atoms with Gasteiger partial charge in [0.25, 0.3) is 0 Å². The van der Waals surface area contributed by atoms with Crippen LogP contribution >= 0.6 is 31.9 Å². The van der Waals surface area contributed by atoms with Crippen LogP contribution in [0.3, 0.4) is 0 Å². The predicted octanol–water partition coefficient (Wildman–Crippen LogP) is 9.52. The Morgan fingerprint density at radius 2 is 0.917 bits per heavy atom. The Morgan fingerprint density at radius 1 is 0.556 bits per heavy atom. The number of hydrogen-bond acceptors (Lipinski definition) is 2. The van der Waals surface area contributed by atoms with E-state index < -0.39 is 11.6 Å². The number of aryl methyl sites for hydroxylation is 2. The SMILES string of the molecule is CCCc1ccc(-c2cc(Br)ccc2C(=O)C(=O)c2ccc(Br)cc2-c2ccc(CCC)cc2)cc1. The van der Waals surface area contributed by atoms with Gasteiger partial charge in [-0.15, -0.1) is 0 Å². The van der Waals surface area contributed by atoms with Gasteiger partial charge in [-0.1, -0.05) is 107 Å². The fourth-order valence-electron chi connectivity index (χ4n) is 4.43. The number of rotatable bonds is 9. The molecule has 0 aliphatic rings. The van der Waals surface area contributed by atoms with Crippen molar-refractivity contribution in [1.82, 2.24) is 0 Å². The zero-order valence-electron chi connectivity index (χ0n) is 20.5. The summed E-state index contributed by atoms with van der Waals surface area (Å²) in [4.78, 5) is 27.3. The minimum Gasteiger partial charge on any atom is -0.285 e. The molecule has 0 aliphatic heterocycles. The predicted molar refractivity (Wildman–Crippen MR) is 156 cm³/mol. The standard InChI is InChI=1S/C32H28Br2O2/c1-3-5-21-7-11-23(12-8-21)29-19-25(33)15-17-27(29)31(35)32(36)28-18-16-26(34)20-30(28)24-13-9-22(6-4-2)10-14-24/h7-20H,3-6H2,1-2H3. The Bertz CT molecular complexity index is 1280. The highest BCUT2D eigenvalue weighted by molar-refractivity contribution is 9.10. The molecule has 0 unspecified atom stereocenters. The summed E-state index contributed by atoms with van der Waals surface area (Å²) >= 11 is 7.06. The highest BCUT2D eigenvalue weighted by Gasteiger charge is 2.25. The van der Waals surface area contributed by atoms with Crippen LogP contribution < -0.4 is 0 Å². The molecule has 0 saturated carbocycles. The first-order chi connectivity index (χ1) is 17.4. The van der Waals surface area contributed by atoms with Gasteiger partial charge in [-0.3, -0.25) is 9.59 Å². The molecule has 0 radical (unpaired) electrons. The molecule has 0 bridgehead atoms. The number of Topliss-reactive ketones (excluding diaryl/α,β-unsaturated/α-hetero) is 2. The summed E-state index contributed by atoms with van der Waals surface area (Å²) in [5, 5.41) is 0. The molecule has 0 atom stereocenters. The molecule has 4 heteroatoms. The minimum atomic E-state index is -0.513. The molecule has 0 spiro atoms. The minimum absolute atomic E-state index is 0.401. The Morgan fingerprint density at radius 3 is 1.25 bits per heavy atom. The molecule has 0 aromatic heterocycles. The van der Waals surface area contributed by atoms with Gasteiger partial charge >= 0.3 is 0 Å². The van der Waals surface area contributed by atoms with E-state index in [2.05, 4.69) is 70.0 Å². The van der Waals surface area contributed by atoms with Crippen LogP contribution in [0.2, 0.25) is 0 Å². The van der Waals surface area contributed by atoms with Crippen LogP contribution in [0.1, 0.15) is 58.5 Å². The van der Waals surface area contributed by atoms with Gasteiger partial charge in [-0.25, -0.2) is 0 Å². The Labute approximate surface area is 230 Å². The average molecular weight is 604 g/mol. The fraction of sp³-hybridized carbons (Fsp3) is 0.188. The first-order valence-corrected chi connectivity index (χ1v) is 13.9. The molecule has 4 aromatic rings. The van der Waals surface area contributed by atoms with Crippen molar-refractivity contribution in [3.05, 3.63) is 116 Å². The topological polar surface area (TPSA) is 34.1 Å². The normalized spacial score (nSPS) is 10.9. The lowest BCUT2D eigenvalue weighted by Crippen LogP contribution is -2.16. The van der Waals surface area contributed by atoms with Gasteiger partial charge in [0.2, 0.25) is 11.6 Å². The van der Waals surface area contributed by atoms with E-state index in [0.717, 1.165) is 56.9 Å². The molecule has 0 saturated heterocycles. The zero-order valence-corrected chi connectivity index (χ0v) is 23.7. The molecule has 0 N–H and O–H groups in total. The molecular weight excluding hydrogens is 576 g/mol. The van der Waals surface area contributed by atoms with Gasteiger partial charge in [0.1, 0.15) is 0 Å². The third-order valence-electron chi connectivity index (χ3n) is 6.27. The van der Waals surface area contributed by atoms with Crippen LogP contribution in [-0.2, 0) is 12.8 Å². The molecule has 4 rings (SSSR count). The third kappa shape index (κ3) is 5.93. The average Bonchev–Trinajstić information content (AvgIpc) is 2.89. The maximum Gasteiger partial charge on any atom is 0.234 e. The molecule has 0 amide bonds. The summed E-state index contributed by atoms with van der Waals surface area (Å²) in [6.45, 7) is 4.31. The lowest BCUT2D eigenvalue weighted by Gasteiger charge is -2.13. The first-order valence-electron chi connectivity index (χ1n) is 12.3. The van der Waals surface area contributed by atoms with Crippen molar-refractivity contribution in [3.63, 3.8) is 0 Å². The third-order valence-corrected chi connectivity index (χ3v) is 7.25. The highest BCUT2D eigenvalue weighted by Crippen LogP contribution is 2.32. The van der Waals surface area contributed by atoms with Gasteiger partial charge < -0.3 is 0 Å². The van der Waals surface area contributed by atoms with E-state index in [1.807, 2.05) is 48.5 Å². The number of halogens is 2. The molecular formula is C32H28Br2O2. The number of hydrogen-bond donors (Lipinski definition) is 0. The summed E-state index contributed by atoms with van der Waals surface area (Å²) < 4.78 is 1.71. The smallest absolute Gasteiger partial charge is 0.234 e. The zero-order chi connectivity index (χ0) is 25.7. The highest BCUT2D eigenvalue weighted by atomic mass is 79.9. The van der Waals surface area contributed by atoms with Crippen molar-refractivity contribution < 1.29 is 9.59 Å². The lowest BCUT2D eigenvalue weighted by molar-refractivity contribution is 0.0817. The Balaban J connectivity index is 1.73. The van der Waals surface area contributed by atoms with E-state index in [1.54, 1.807) is 12.1 Å². The van der Waals surface area contributed by atoms with Gasteiger partial charge in [0.15, 0.2) is 0 Å². The number of benzene rings is 4. The van der Waals surface area contributed by atoms with Crippen molar-refractivity contribution in [2.45, 2.75) is 39.5 Å². The maximum absolute atomic E-state index is 13.7. The lowest BCUT2D eigenvalue weighted by atomic mass is 9.90. The van der Waals surface area contributed by atoms with Gasteiger partial charge in [-0.05, 0) is 82.6 Å². The van der Waals surface area contributed by atoms with Crippen molar-refractivity contribution in [2.24, 2.45) is 0 Å². The largest absolute Gasteiger partial charge is 0.285 e. The van der Waals surface area contributed by atoms with E-state index in [4.69, 9.17) is 0 Å². The van der Waals surface area contributed by atoms with Gasteiger partial charge in [0, 0.05) is 20.1 Å². The fourth-order valence-corrected chi connectivity index (χ4v) is 5.15. The van der Waals surface area contributed by atoms with Crippen LogP contribution in [0.15, 0.2) is 93.9 Å². The summed E-state index contributed by atoms with van der Waals surface area (Å²) in [5.41, 5.74) is 6.62. The number of carbonyl (C=O) groups is 2. The van der Waals surface area contributed by atoms with Crippen LogP contribution in [0.5, 0.6) is 0 Å². The summed E-state index contributed by atoms with van der Waals surface area (Å²) in [6.07, 6.45) is 4.17. The van der Waals surface area contributed by atoms with E-state index >= 15 is 0 Å². The monoisotopic (exact) mass is 602 g/mol. The van der Waals surface area contributed by atoms with Gasteiger partial charge in [0.05, 0.1) is 0 Å². The van der Waals surface area contributed by atoms with Crippen LogP contribution in [0.25, 0.3) is 22.3 Å². The first kappa shape index (κ1) is 26.2. The molecule has 4 aromatic carbocycles. The van der Waals surface area contributed by atoms with Crippen molar-refractivity contribution in [2.75, 3.05) is 0 Å². The number of carbonyl (C=O) groups excluding carboxylic acids is 2. The van der Waals surface area contributed by atoms with Crippen molar-refractivity contribution >= 4 is 43.4 Å². The summed E-state index contributed by atoms with van der Waals surface area (Å²) in [7, 11) is 0. The second-order valence-electron chi connectivity index (χ2n) is 8.93. The molecule has 0 aliphatic carbocycles. The Kier molecular flexibility index (Phi) is 8.71. The molecule has 0 fully saturated rings. The molecule has 2 nitrogen and oxygen atoms in total. The molecule has 36 heavy (non-hydrogen) atoms. The molecule has 0 heterocycles. The van der Waals surface area contributed by atoms with Crippen molar-refractivity contribution in [1.29, 1.82) is 0 Å². The van der Waals surface area contributed by atoms with E-state index in [1.165, 1.54) is 11.1 Å². The number of ketones is 2. The molecule has 182 valence electrons. The maximum atomic E-state index is 13.7. The van der Waals surface area contributed by atoms with Crippen LogP contribution in [0, 0.1) is 0 Å². The Hall–Kier alpha value is -2.82.